The van der Waals surface area contributed by atoms with Crippen LogP contribution in [0.3, 0.4) is 0 Å². The summed E-state index contributed by atoms with van der Waals surface area (Å²) >= 11 is 0. The molecular formula is C35H45N5O6. The Labute approximate surface area is 270 Å². The molecule has 1 aliphatic carbocycles. The molecule has 3 fully saturated rings. The fourth-order valence-electron chi connectivity index (χ4n) is 6.50. The highest BCUT2D eigenvalue weighted by Gasteiger charge is 2.31. The largest absolute Gasteiger partial charge is 0.455 e. The first-order chi connectivity index (χ1) is 22.4. The van der Waals surface area contributed by atoms with E-state index in [-0.39, 0.29) is 48.9 Å². The zero-order chi connectivity index (χ0) is 32.3. The molecule has 0 radical (unpaired) electrons. The Bertz CT molecular complexity index is 1350. The average molecular weight is 632 g/mol. The molecule has 2 aliphatic heterocycles. The molecule has 0 bridgehead atoms. The lowest BCUT2D eigenvalue weighted by atomic mass is 9.86. The van der Waals surface area contributed by atoms with Crippen LogP contribution in [0, 0.1) is 11.3 Å². The first kappa shape index (κ1) is 33.0. The Morgan fingerprint density at radius 3 is 2.11 bits per heavy atom. The van der Waals surface area contributed by atoms with E-state index >= 15 is 0 Å². The molecule has 0 unspecified atom stereocenters. The molecule has 11 nitrogen and oxygen atoms in total. The highest BCUT2D eigenvalue weighted by Crippen LogP contribution is 2.29. The fraction of sp³-hybridized carbons (Fsp3) is 0.514. The number of urea groups is 1. The number of nitrogens with one attached hydrogen (secondary N) is 3. The lowest BCUT2D eigenvalue weighted by Crippen LogP contribution is -2.48. The van der Waals surface area contributed by atoms with E-state index in [4.69, 9.17) is 14.9 Å². The van der Waals surface area contributed by atoms with Gasteiger partial charge in [-0.2, -0.15) is 0 Å². The standard InChI is InChI=1S/C35H45N5O6/c36-32(38-35(44)46-23-25-7-3-1-4-8-25)28-11-9-26(10-12-28)27-17-21-40(22-18-27)34(43)37-30-15-13-29(14-16-30)33(42)45-24-31(41)39-19-5-2-6-20-39/h1,3-4,7-12,27,29-30H,2,5-6,13-24H2,(H,37,43)(H2,36,38,44). The second kappa shape index (κ2) is 16.2. The van der Waals surface area contributed by atoms with Gasteiger partial charge in [-0.1, -0.05) is 54.6 Å². The maximum absolute atomic E-state index is 13.0. The van der Waals surface area contributed by atoms with Crippen molar-refractivity contribution in [3.63, 3.8) is 0 Å². The molecule has 0 atom stereocenters. The van der Waals surface area contributed by atoms with Crippen LogP contribution in [-0.2, 0) is 25.7 Å². The van der Waals surface area contributed by atoms with Crippen molar-refractivity contribution in [1.29, 1.82) is 5.41 Å². The van der Waals surface area contributed by atoms with Gasteiger partial charge in [-0.25, -0.2) is 9.59 Å². The van der Waals surface area contributed by atoms with Gasteiger partial charge in [0.2, 0.25) is 0 Å². The lowest BCUT2D eigenvalue weighted by molar-refractivity contribution is -0.156. The fourth-order valence-corrected chi connectivity index (χ4v) is 6.50. The van der Waals surface area contributed by atoms with Gasteiger partial charge in [0.1, 0.15) is 12.4 Å². The summed E-state index contributed by atoms with van der Waals surface area (Å²) in [5, 5.41) is 13.9. The van der Waals surface area contributed by atoms with Crippen LogP contribution in [0.2, 0.25) is 0 Å². The van der Waals surface area contributed by atoms with Crippen molar-refractivity contribution >= 4 is 29.8 Å². The van der Waals surface area contributed by atoms with Gasteiger partial charge in [0.05, 0.1) is 5.92 Å². The Balaban J connectivity index is 0.976. The van der Waals surface area contributed by atoms with Crippen molar-refractivity contribution in [2.45, 2.75) is 76.4 Å². The maximum atomic E-state index is 13.0. The van der Waals surface area contributed by atoms with Gasteiger partial charge in [-0.05, 0) is 74.8 Å². The number of carbonyl (C=O) groups excluding carboxylic acids is 4. The Hall–Kier alpha value is -4.41. The number of esters is 1. The summed E-state index contributed by atoms with van der Waals surface area (Å²) in [6.45, 7) is 2.74. The molecule has 2 saturated heterocycles. The summed E-state index contributed by atoms with van der Waals surface area (Å²) in [6.07, 6.45) is 6.85. The van der Waals surface area contributed by atoms with Crippen molar-refractivity contribution in [2.24, 2.45) is 5.92 Å². The molecule has 0 aromatic heterocycles. The van der Waals surface area contributed by atoms with E-state index in [1.54, 1.807) is 4.90 Å². The van der Waals surface area contributed by atoms with Crippen LogP contribution >= 0.6 is 0 Å². The zero-order valence-electron chi connectivity index (χ0n) is 26.4. The molecule has 3 aliphatic rings. The number of piperidine rings is 2. The summed E-state index contributed by atoms with van der Waals surface area (Å²) in [5.74, 6) is -0.358. The van der Waals surface area contributed by atoms with Crippen molar-refractivity contribution in [2.75, 3.05) is 32.8 Å². The van der Waals surface area contributed by atoms with Gasteiger partial charge >= 0.3 is 18.1 Å². The minimum Gasteiger partial charge on any atom is -0.455 e. The minimum absolute atomic E-state index is 0.0232. The number of amidine groups is 1. The molecule has 4 amide bonds. The highest BCUT2D eigenvalue weighted by atomic mass is 16.5. The quantitative estimate of drug-likeness (QED) is 0.214. The molecular weight excluding hydrogens is 586 g/mol. The lowest BCUT2D eigenvalue weighted by Gasteiger charge is -2.35. The molecule has 1 saturated carbocycles. The summed E-state index contributed by atoms with van der Waals surface area (Å²) in [4.78, 5) is 53.6. The minimum atomic E-state index is -0.671. The van der Waals surface area contributed by atoms with Crippen LogP contribution in [0.1, 0.15) is 80.4 Å². The third-order valence-electron chi connectivity index (χ3n) is 9.33. The Morgan fingerprint density at radius 2 is 1.43 bits per heavy atom. The molecule has 5 rings (SSSR count). The number of carbonyl (C=O) groups is 4. The molecule has 2 aromatic rings. The molecule has 246 valence electrons. The number of amides is 4. The van der Waals surface area contributed by atoms with Crippen molar-refractivity contribution in [3.05, 3.63) is 71.3 Å². The Kier molecular flexibility index (Phi) is 11.6. The van der Waals surface area contributed by atoms with E-state index in [1.165, 1.54) is 0 Å². The third-order valence-corrected chi connectivity index (χ3v) is 9.33. The van der Waals surface area contributed by atoms with Crippen molar-refractivity contribution < 1.29 is 28.7 Å². The number of hydrogen-bond acceptors (Lipinski definition) is 7. The van der Waals surface area contributed by atoms with Gasteiger partial charge in [-0.3, -0.25) is 20.3 Å². The first-order valence-electron chi connectivity index (χ1n) is 16.5. The van der Waals surface area contributed by atoms with E-state index in [0.29, 0.717) is 50.3 Å². The van der Waals surface area contributed by atoms with E-state index in [1.807, 2.05) is 59.5 Å². The smallest absolute Gasteiger partial charge is 0.413 e. The summed E-state index contributed by atoms with van der Waals surface area (Å²) < 4.78 is 10.6. The monoisotopic (exact) mass is 631 g/mol. The van der Waals surface area contributed by atoms with E-state index in [0.717, 1.165) is 56.3 Å². The second-order valence-corrected chi connectivity index (χ2v) is 12.5. The number of nitrogens with zero attached hydrogens (tertiary/aromatic N) is 2. The van der Waals surface area contributed by atoms with Gasteiger partial charge in [0.25, 0.3) is 5.91 Å². The number of ether oxygens (including phenoxy) is 2. The van der Waals surface area contributed by atoms with E-state index < -0.39 is 6.09 Å². The SMILES string of the molecule is N=C(NC(=O)OCc1ccccc1)c1ccc(C2CCN(C(=O)NC3CCC(C(=O)OCC(=O)N4CCCCC4)CC3)CC2)cc1. The predicted molar refractivity (Wildman–Crippen MR) is 172 cm³/mol. The number of benzene rings is 2. The third kappa shape index (κ3) is 9.31. The van der Waals surface area contributed by atoms with Gasteiger partial charge < -0.3 is 24.6 Å². The molecule has 46 heavy (non-hydrogen) atoms. The van der Waals surface area contributed by atoms with Crippen LogP contribution in [-0.4, -0.2) is 78.5 Å². The van der Waals surface area contributed by atoms with Crippen molar-refractivity contribution in [3.8, 4) is 0 Å². The summed E-state index contributed by atoms with van der Waals surface area (Å²) in [5.41, 5.74) is 2.61. The molecule has 11 heteroatoms. The van der Waals surface area contributed by atoms with Crippen LogP contribution in [0.15, 0.2) is 54.6 Å². The van der Waals surface area contributed by atoms with Crippen molar-refractivity contribution in [1.82, 2.24) is 20.4 Å². The predicted octanol–water partition coefficient (Wildman–Crippen LogP) is 4.94. The van der Waals surface area contributed by atoms with Crippen LogP contribution < -0.4 is 10.6 Å². The molecule has 2 aromatic carbocycles. The van der Waals surface area contributed by atoms with E-state index in [9.17, 15) is 19.2 Å². The maximum Gasteiger partial charge on any atom is 0.413 e. The average Bonchev–Trinajstić information content (AvgIpc) is 3.10. The van der Waals surface area contributed by atoms with E-state index in [2.05, 4.69) is 10.6 Å². The summed E-state index contributed by atoms with van der Waals surface area (Å²) in [7, 11) is 0. The number of likely N-dealkylation sites (tertiary alicyclic amines) is 2. The second-order valence-electron chi connectivity index (χ2n) is 12.5. The normalized spacial score (nSPS) is 20.3. The number of rotatable bonds is 8. The highest BCUT2D eigenvalue weighted by molar-refractivity contribution is 6.04. The topological polar surface area (TPSA) is 141 Å². The van der Waals surface area contributed by atoms with Crippen LogP contribution in [0.4, 0.5) is 9.59 Å². The van der Waals surface area contributed by atoms with Crippen LogP contribution in [0.25, 0.3) is 0 Å². The van der Waals surface area contributed by atoms with Gasteiger partial charge in [-0.15, -0.1) is 0 Å². The van der Waals surface area contributed by atoms with Crippen LogP contribution in [0.5, 0.6) is 0 Å². The molecule has 3 N–H and O–H groups in total. The molecule has 2 heterocycles. The number of alkyl carbamates (subject to hydrolysis) is 1. The number of hydrogen-bond donors (Lipinski definition) is 3. The van der Waals surface area contributed by atoms with Gasteiger partial charge in [0.15, 0.2) is 6.61 Å². The first-order valence-corrected chi connectivity index (χ1v) is 16.5. The Morgan fingerprint density at radius 1 is 0.761 bits per heavy atom. The zero-order valence-corrected chi connectivity index (χ0v) is 26.4. The molecule has 0 spiro atoms. The van der Waals surface area contributed by atoms with Gasteiger partial charge in [0, 0.05) is 37.8 Å². The summed E-state index contributed by atoms with van der Waals surface area (Å²) in [6, 6.07) is 16.9.